The van der Waals surface area contributed by atoms with Crippen LogP contribution in [0.15, 0.2) is 24.3 Å². The van der Waals surface area contributed by atoms with Crippen molar-refractivity contribution in [2.45, 2.75) is 18.6 Å². The van der Waals surface area contributed by atoms with E-state index < -0.39 is 23.2 Å². The third-order valence-corrected chi connectivity index (χ3v) is 2.86. The molecular formula is C12H14F3NO2. The van der Waals surface area contributed by atoms with Gasteiger partial charge in [0.15, 0.2) is 0 Å². The highest BCUT2D eigenvalue weighted by molar-refractivity contribution is 5.82. The Morgan fingerprint density at radius 1 is 1.22 bits per heavy atom. The molecule has 6 heteroatoms. The Bertz CT molecular complexity index is 445. The molecule has 1 rings (SSSR count). The molecule has 1 N–H and O–H groups in total. The lowest BCUT2D eigenvalue weighted by Crippen LogP contribution is -2.46. The minimum absolute atomic E-state index is 0.160. The number of halogens is 3. The largest absolute Gasteiger partial charge is 0.467 e. The summed E-state index contributed by atoms with van der Waals surface area (Å²) in [5.41, 5.74) is -2.56. The Morgan fingerprint density at radius 2 is 1.72 bits per heavy atom. The second kappa shape index (κ2) is 4.97. The van der Waals surface area contributed by atoms with Crippen LogP contribution >= 0.6 is 0 Å². The summed E-state index contributed by atoms with van der Waals surface area (Å²) in [5.74, 6) is -0.776. The molecule has 0 aliphatic rings. The zero-order chi connectivity index (χ0) is 14.0. The van der Waals surface area contributed by atoms with Gasteiger partial charge in [-0.2, -0.15) is 13.2 Å². The number of carbonyl (C=O) groups is 1. The predicted molar refractivity (Wildman–Crippen MR) is 59.9 cm³/mol. The lowest BCUT2D eigenvalue weighted by Gasteiger charge is -2.29. The van der Waals surface area contributed by atoms with Crippen LogP contribution in [0.5, 0.6) is 0 Å². The fourth-order valence-corrected chi connectivity index (χ4v) is 1.72. The number of likely N-dealkylation sites (N-methyl/N-ethyl adjacent to an activating group) is 1. The fraction of sp³-hybridized carbons (Fsp3) is 0.417. The highest BCUT2D eigenvalue weighted by atomic mass is 19.4. The Morgan fingerprint density at radius 3 is 2.11 bits per heavy atom. The zero-order valence-corrected chi connectivity index (χ0v) is 10.3. The minimum atomic E-state index is -4.53. The SMILES string of the molecule is CNC(C)(C(=O)OC)c1ccccc1C(F)(F)F. The van der Waals surface area contributed by atoms with Gasteiger partial charge in [-0.05, 0) is 25.6 Å². The van der Waals surface area contributed by atoms with Crippen LogP contribution in [0.25, 0.3) is 0 Å². The molecule has 1 aromatic rings. The number of methoxy groups -OCH3 is 1. The molecule has 0 heterocycles. The van der Waals surface area contributed by atoms with E-state index in [-0.39, 0.29) is 5.56 Å². The molecule has 18 heavy (non-hydrogen) atoms. The average Bonchev–Trinajstić information content (AvgIpc) is 2.35. The van der Waals surface area contributed by atoms with E-state index in [1.54, 1.807) is 0 Å². The Hall–Kier alpha value is -1.56. The van der Waals surface area contributed by atoms with E-state index in [0.29, 0.717) is 0 Å². The molecular weight excluding hydrogens is 247 g/mol. The number of alkyl halides is 3. The molecule has 0 bridgehead atoms. The lowest BCUT2D eigenvalue weighted by molar-refractivity contribution is -0.149. The van der Waals surface area contributed by atoms with Crippen LogP contribution in [-0.4, -0.2) is 20.1 Å². The summed E-state index contributed by atoms with van der Waals surface area (Å²) < 4.78 is 43.3. The van der Waals surface area contributed by atoms with E-state index >= 15 is 0 Å². The fourth-order valence-electron chi connectivity index (χ4n) is 1.72. The molecule has 1 atom stereocenters. The molecule has 1 aromatic carbocycles. The van der Waals surface area contributed by atoms with Crippen LogP contribution in [0.2, 0.25) is 0 Å². The van der Waals surface area contributed by atoms with Gasteiger partial charge in [-0.3, -0.25) is 0 Å². The smallest absolute Gasteiger partial charge is 0.416 e. The van der Waals surface area contributed by atoms with Crippen molar-refractivity contribution < 1.29 is 22.7 Å². The molecule has 0 saturated heterocycles. The summed E-state index contributed by atoms with van der Waals surface area (Å²) >= 11 is 0. The van der Waals surface area contributed by atoms with E-state index in [2.05, 4.69) is 10.1 Å². The van der Waals surface area contributed by atoms with Crippen molar-refractivity contribution in [3.05, 3.63) is 35.4 Å². The van der Waals surface area contributed by atoms with Crippen molar-refractivity contribution in [1.29, 1.82) is 0 Å². The molecule has 0 saturated carbocycles. The summed E-state index contributed by atoms with van der Waals surface area (Å²) in [4.78, 5) is 11.7. The van der Waals surface area contributed by atoms with Crippen molar-refractivity contribution in [1.82, 2.24) is 5.32 Å². The summed E-state index contributed by atoms with van der Waals surface area (Å²) in [7, 11) is 2.54. The molecule has 1 unspecified atom stereocenters. The number of rotatable bonds is 3. The first kappa shape index (κ1) is 14.5. The van der Waals surface area contributed by atoms with Gasteiger partial charge in [0.25, 0.3) is 0 Å². The van der Waals surface area contributed by atoms with E-state index in [9.17, 15) is 18.0 Å². The van der Waals surface area contributed by atoms with Crippen molar-refractivity contribution >= 4 is 5.97 Å². The van der Waals surface area contributed by atoms with Gasteiger partial charge in [0.1, 0.15) is 5.54 Å². The molecule has 0 radical (unpaired) electrons. The monoisotopic (exact) mass is 261 g/mol. The Labute approximate surface area is 103 Å². The van der Waals surface area contributed by atoms with Crippen molar-refractivity contribution in [3.63, 3.8) is 0 Å². The van der Waals surface area contributed by atoms with Crippen LogP contribution in [-0.2, 0) is 21.2 Å². The predicted octanol–water partition coefficient (Wildman–Crippen LogP) is 2.31. The number of hydrogen-bond donors (Lipinski definition) is 1. The summed E-state index contributed by atoms with van der Waals surface area (Å²) in [5, 5.41) is 2.58. The Balaban J connectivity index is 3.44. The van der Waals surface area contributed by atoms with Gasteiger partial charge in [-0.25, -0.2) is 4.79 Å². The minimum Gasteiger partial charge on any atom is -0.467 e. The number of esters is 1. The van der Waals surface area contributed by atoms with Crippen LogP contribution in [0, 0.1) is 0 Å². The standard InChI is InChI=1S/C12H14F3NO2/c1-11(16-2,10(17)18-3)8-6-4-5-7-9(8)12(13,14)15/h4-7,16H,1-3H3. The molecule has 3 nitrogen and oxygen atoms in total. The van der Waals surface area contributed by atoms with Gasteiger partial charge in [0, 0.05) is 0 Å². The number of hydrogen-bond acceptors (Lipinski definition) is 3. The molecule has 0 aliphatic heterocycles. The molecule has 0 aliphatic carbocycles. The Kier molecular flexibility index (Phi) is 4.01. The zero-order valence-electron chi connectivity index (χ0n) is 10.3. The van der Waals surface area contributed by atoms with Crippen molar-refractivity contribution in [2.75, 3.05) is 14.2 Å². The maximum atomic E-state index is 12.9. The van der Waals surface area contributed by atoms with Crippen LogP contribution in [0.4, 0.5) is 13.2 Å². The third-order valence-electron chi connectivity index (χ3n) is 2.86. The van der Waals surface area contributed by atoms with E-state index in [1.165, 1.54) is 32.2 Å². The van der Waals surface area contributed by atoms with Gasteiger partial charge in [0.05, 0.1) is 12.7 Å². The topological polar surface area (TPSA) is 38.3 Å². The van der Waals surface area contributed by atoms with Gasteiger partial charge < -0.3 is 10.1 Å². The van der Waals surface area contributed by atoms with E-state index in [0.717, 1.165) is 13.2 Å². The molecule has 0 spiro atoms. The highest BCUT2D eigenvalue weighted by Crippen LogP contribution is 2.36. The van der Waals surface area contributed by atoms with Gasteiger partial charge >= 0.3 is 12.1 Å². The second-order valence-corrected chi connectivity index (χ2v) is 3.91. The maximum absolute atomic E-state index is 12.9. The van der Waals surface area contributed by atoms with Crippen molar-refractivity contribution in [2.24, 2.45) is 0 Å². The van der Waals surface area contributed by atoms with Crippen LogP contribution in [0.3, 0.4) is 0 Å². The lowest BCUT2D eigenvalue weighted by atomic mass is 9.88. The first-order valence-electron chi connectivity index (χ1n) is 5.21. The van der Waals surface area contributed by atoms with Crippen LogP contribution < -0.4 is 5.32 Å². The number of benzene rings is 1. The van der Waals surface area contributed by atoms with Crippen molar-refractivity contribution in [3.8, 4) is 0 Å². The molecule has 100 valence electrons. The van der Waals surface area contributed by atoms with Gasteiger partial charge in [0.2, 0.25) is 0 Å². The first-order valence-corrected chi connectivity index (χ1v) is 5.21. The number of carbonyl (C=O) groups excluding carboxylic acids is 1. The van der Waals surface area contributed by atoms with E-state index in [4.69, 9.17) is 0 Å². The first-order chi connectivity index (χ1) is 8.27. The normalized spacial score (nSPS) is 15.0. The number of ether oxygens (including phenoxy) is 1. The second-order valence-electron chi connectivity index (χ2n) is 3.91. The average molecular weight is 261 g/mol. The summed E-state index contributed by atoms with van der Waals surface area (Å²) in [6.07, 6.45) is -4.53. The molecule has 0 aromatic heterocycles. The third kappa shape index (κ3) is 2.48. The van der Waals surface area contributed by atoms with E-state index in [1.807, 2.05) is 0 Å². The van der Waals surface area contributed by atoms with Gasteiger partial charge in [-0.15, -0.1) is 0 Å². The molecule has 0 amide bonds. The summed E-state index contributed by atoms with van der Waals surface area (Å²) in [6, 6.07) is 4.92. The highest BCUT2D eigenvalue weighted by Gasteiger charge is 2.43. The van der Waals surface area contributed by atoms with Crippen LogP contribution in [0.1, 0.15) is 18.1 Å². The summed E-state index contributed by atoms with van der Waals surface area (Å²) in [6.45, 7) is 1.35. The number of nitrogens with one attached hydrogen (secondary N) is 1. The quantitative estimate of drug-likeness (QED) is 0.848. The maximum Gasteiger partial charge on any atom is 0.416 e. The molecule has 0 fully saturated rings. The van der Waals surface area contributed by atoms with Gasteiger partial charge in [-0.1, -0.05) is 18.2 Å².